The molecule has 0 aromatic heterocycles. The average molecular weight is 391 g/mol. The van der Waals surface area contributed by atoms with Crippen LogP contribution in [0.1, 0.15) is 5.56 Å². The van der Waals surface area contributed by atoms with E-state index in [1.165, 1.54) is 0 Å². The molecule has 0 unspecified atom stereocenters. The van der Waals surface area contributed by atoms with Crippen LogP contribution < -0.4 is 11.1 Å². The molecule has 3 N–H and O–H groups in total. The standard InChI is InChI=1S/C13H11Br2ClN2/c1-7-4-9(14)13(6-11(7)16)18-12-3-2-8(17)5-10(12)15/h2-6,18H,17H2,1H3. The average Bonchev–Trinajstić information content (AvgIpc) is 2.29. The van der Waals surface area contributed by atoms with Crippen molar-refractivity contribution >= 4 is 60.5 Å². The highest BCUT2D eigenvalue weighted by molar-refractivity contribution is 9.11. The molecule has 0 radical (unpaired) electrons. The zero-order valence-corrected chi connectivity index (χ0v) is 13.5. The summed E-state index contributed by atoms with van der Waals surface area (Å²) in [5.41, 5.74) is 9.30. The first-order chi connectivity index (χ1) is 8.47. The molecule has 0 heterocycles. The van der Waals surface area contributed by atoms with Crippen molar-refractivity contribution in [3.05, 3.63) is 49.9 Å². The smallest absolute Gasteiger partial charge is 0.0544 e. The van der Waals surface area contributed by atoms with Crippen molar-refractivity contribution in [2.45, 2.75) is 6.92 Å². The van der Waals surface area contributed by atoms with Gasteiger partial charge in [0.1, 0.15) is 0 Å². The summed E-state index contributed by atoms with van der Waals surface area (Å²) in [5.74, 6) is 0. The van der Waals surface area contributed by atoms with Gasteiger partial charge in [-0.1, -0.05) is 11.6 Å². The summed E-state index contributed by atoms with van der Waals surface area (Å²) in [5, 5.41) is 4.03. The molecule has 0 atom stereocenters. The van der Waals surface area contributed by atoms with Crippen molar-refractivity contribution < 1.29 is 0 Å². The Kier molecular flexibility index (Phi) is 4.20. The third kappa shape index (κ3) is 2.99. The van der Waals surface area contributed by atoms with Crippen LogP contribution in [0.3, 0.4) is 0 Å². The van der Waals surface area contributed by atoms with E-state index < -0.39 is 0 Å². The Morgan fingerprint density at radius 3 is 2.39 bits per heavy atom. The van der Waals surface area contributed by atoms with Crippen molar-refractivity contribution in [1.29, 1.82) is 0 Å². The van der Waals surface area contributed by atoms with E-state index >= 15 is 0 Å². The number of anilines is 3. The fourth-order valence-corrected chi connectivity index (χ4v) is 2.74. The third-order valence-corrected chi connectivity index (χ3v) is 4.23. The van der Waals surface area contributed by atoms with E-state index in [1.54, 1.807) is 0 Å². The molecule has 2 nitrogen and oxygen atoms in total. The van der Waals surface area contributed by atoms with Crippen LogP contribution in [0, 0.1) is 6.92 Å². The zero-order valence-electron chi connectivity index (χ0n) is 9.60. The van der Waals surface area contributed by atoms with Crippen molar-refractivity contribution in [1.82, 2.24) is 0 Å². The van der Waals surface area contributed by atoms with Crippen LogP contribution in [0.25, 0.3) is 0 Å². The Labute approximate surface area is 128 Å². The zero-order chi connectivity index (χ0) is 13.3. The van der Waals surface area contributed by atoms with Crippen LogP contribution in [0.15, 0.2) is 39.3 Å². The van der Waals surface area contributed by atoms with Gasteiger partial charge in [0, 0.05) is 19.7 Å². The number of halogens is 3. The quantitative estimate of drug-likeness (QED) is 0.665. The molecule has 0 aliphatic carbocycles. The maximum atomic E-state index is 6.12. The molecule has 0 aliphatic heterocycles. The number of nitrogen functional groups attached to an aromatic ring is 1. The molecule has 0 saturated heterocycles. The number of benzene rings is 2. The molecular weight excluding hydrogens is 379 g/mol. The Morgan fingerprint density at radius 2 is 1.72 bits per heavy atom. The molecule has 2 rings (SSSR count). The SMILES string of the molecule is Cc1cc(Br)c(Nc2ccc(N)cc2Br)cc1Cl. The lowest BCUT2D eigenvalue weighted by Crippen LogP contribution is -1.94. The first-order valence-electron chi connectivity index (χ1n) is 5.25. The monoisotopic (exact) mass is 388 g/mol. The Balaban J connectivity index is 2.37. The molecular formula is C13H11Br2ClN2. The highest BCUT2D eigenvalue weighted by atomic mass is 79.9. The van der Waals surface area contributed by atoms with Crippen molar-refractivity contribution in [3.8, 4) is 0 Å². The van der Waals surface area contributed by atoms with Crippen molar-refractivity contribution in [3.63, 3.8) is 0 Å². The number of hydrogen-bond acceptors (Lipinski definition) is 2. The van der Waals surface area contributed by atoms with E-state index in [2.05, 4.69) is 37.2 Å². The molecule has 0 fully saturated rings. The van der Waals surface area contributed by atoms with Crippen LogP contribution in [-0.2, 0) is 0 Å². The fourth-order valence-electron chi connectivity index (χ4n) is 1.52. The molecule has 94 valence electrons. The van der Waals surface area contributed by atoms with Gasteiger partial charge in [0.15, 0.2) is 0 Å². The van der Waals surface area contributed by atoms with E-state index in [1.807, 2.05) is 37.3 Å². The van der Waals surface area contributed by atoms with Gasteiger partial charge in [-0.05, 0) is 74.7 Å². The second-order valence-corrected chi connectivity index (χ2v) is 6.06. The topological polar surface area (TPSA) is 38.0 Å². The predicted molar refractivity (Wildman–Crippen MR) is 85.7 cm³/mol. The fraction of sp³-hybridized carbons (Fsp3) is 0.0769. The van der Waals surface area contributed by atoms with Crippen LogP contribution in [-0.4, -0.2) is 0 Å². The Hall–Kier alpha value is -0.710. The molecule has 2 aromatic carbocycles. The van der Waals surface area contributed by atoms with Gasteiger partial charge in [-0.3, -0.25) is 0 Å². The van der Waals surface area contributed by atoms with Gasteiger partial charge in [-0.15, -0.1) is 0 Å². The predicted octanol–water partition coefficient (Wildman–Crippen LogP) is 5.50. The number of hydrogen-bond donors (Lipinski definition) is 2. The van der Waals surface area contributed by atoms with Crippen LogP contribution in [0.5, 0.6) is 0 Å². The van der Waals surface area contributed by atoms with E-state index in [0.29, 0.717) is 5.69 Å². The van der Waals surface area contributed by atoms with Gasteiger partial charge < -0.3 is 11.1 Å². The van der Waals surface area contributed by atoms with E-state index in [9.17, 15) is 0 Å². The molecule has 5 heteroatoms. The minimum absolute atomic E-state index is 0.716. The highest BCUT2D eigenvalue weighted by Crippen LogP contribution is 2.34. The lowest BCUT2D eigenvalue weighted by atomic mass is 10.2. The van der Waals surface area contributed by atoms with Gasteiger partial charge in [-0.2, -0.15) is 0 Å². The molecule has 0 saturated carbocycles. The normalized spacial score (nSPS) is 10.4. The van der Waals surface area contributed by atoms with Gasteiger partial charge >= 0.3 is 0 Å². The third-order valence-electron chi connectivity index (χ3n) is 2.51. The van der Waals surface area contributed by atoms with Crippen LogP contribution in [0.4, 0.5) is 17.1 Å². The van der Waals surface area contributed by atoms with Gasteiger partial charge in [-0.25, -0.2) is 0 Å². The molecule has 0 spiro atoms. The van der Waals surface area contributed by atoms with Gasteiger partial charge in [0.05, 0.1) is 11.4 Å². The number of aryl methyl sites for hydroxylation is 1. The molecule has 2 aromatic rings. The largest absolute Gasteiger partial charge is 0.399 e. The molecule has 0 bridgehead atoms. The number of rotatable bonds is 2. The summed E-state index contributed by atoms with van der Waals surface area (Å²) in [6.45, 7) is 1.97. The lowest BCUT2D eigenvalue weighted by molar-refractivity contribution is 1.43. The summed E-state index contributed by atoms with van der Waals surface area (Å²) in [7, 11) is 0. The maximum Gasteiger partial charge on any atom is 0.0544 e. The summed E-state index contributed by atoms with van der Waals surface area (Å²) in [4.78, 5) is 0. The minimum Gasteiger partial charge on any atom is -0.399 e. The second-order valence-electron chi connectivity index (χ2n) is 3.95. The van der Waals surface area contributed by atoms with Crippen LogP contribution in [0.2, 0.25) is 5.02 Å². The summed E-state index contributed by atoms with van der Waals surface area (Å²) in [6.07, 6.45) is 0. The first-order valence-corrected chi connectivity index (χ1v) is 7.21. The molecule has 0 aliphatic rings. The minimum atomic E-state index is 0.716. The number of nitrogens with one attached hydrogen (secondary N) is 1. The van der Waals surface area contributed by atoms with E-state index in [0.717, 1.165) is 30.9 Å². The van der Waals surface area contributed by atoms with Crippen molar-refractivity contribution in [2.75, 3.05) is 11.1 Å². The number of nitrogens with two attached hydrogens (primary N) is 1. The van der Waals surface area contributed by atoms with E-state index in [4.69, 9.17) is 17.3 Å². The lowest BCUT2D eigenvalue weighted by Gasteiger charge is -2.12. The first kappa shape index (κ1) is 13.7. The van der Waals surface area contributed by atoms with Crippen molar-refractivity contribution in [2.24, 2.45) is 0 Å². The highest BCUT2D eigenvalue weighted by Gasteiger charge is 2.06. The van der Waals surface area contributed by atoms with Gasteiger partial charge in [0.25, 0.3) is 0 Å². The summed E-state index contributed by atoms with van der Waals surface area (Å²) in [6, 6.07) is 9.49. The molecule has 0 amide bonds. The molecule has 18 heavy (non-hydrogen) atoms. The Morgan fingerprint density at radius 1 is 1.06 bits per heavy atom. The Bertz CT molecular complexity index is 600. The van der Waals surface area contributed by atoms with Gasteiger partial charge in [0.2, 0.25) is 0 Å². The second kappa shape index (κ2) is 5.51. The maximum absolute atomic E-state index is 6.12. The van der Waals surface area contributed by atoms with Crippen LogP contribution >= 0.6 is 43.5 Å². The van der Waals surface area contributed by atoms with E-state index in [-0.39, 0.29) is 0 Å². The summed E-state index contributed by atoms with van der Waals surface area (Å²) < 4.78 is 1.87. The summed E-state index contributed by atoms with van der Waals surface area (Å²) >= 11 is 13.1.